The van der Waals surface area contributed by atoms with Crippen molar-refractivity contribution in [3.63, 3.8) is 0 Å². The van der Waals surface area contributed by atoms with Crippen LogP contribution in [0.3, 0.4) is 0 Å². The van der Waals surface area contributed by atoms with Gasteiger partial charge in [-0.25, -0.2) is 4.98 Å². The first-order valence-corrected chi connectivity index (χ1v) is 10.0. The topological polar surface area (TPSA) is 99.1 Å². The molecule has 0 unspecified atom stereocenters. The molecule has 1 aromatic heterocycles. The molecule has 3 aromatic rings. The first-order valence-electron chi connectivity index (χ1n) is 8.43. The van der Waals surface area contributed by atoms with E-state index < -0.39 is 7.60 Å². The fourth-order valence-corrected chi connectivity index (χ4v) is 4.33. The standard InChI is InChI=1S/C19H20N3O3P/c1-3-15-14(6-8-19(16(15)4-2)26(23,24)25)11-22-12-21-17-7-5-13(10-20)9-18(17)22/h5-9,12H,3-4,11H2,1-2H3,(H2,23,24,25). The van der Waals surface area contributed by atoms with E-state index in [9.17, 15) is 14.4 Å². The summed E-state index contributed by atoms with van der Waals surface area (Å²) in [6.45, 7) is 4.42. The van der Waals surface area contributed by atoms with E-state index in [1.807, 2.05) is 24.5 Å². The van der Waals surface area contributed by atoms with Crippen molar-refractivity contribution in [2.45, 2.75) is 33.2 Å². The largest absolute Gasteiger partial charge is 0.356 e. The van der Waals surface area contributed by atoms with Gasteiger partial charge in [-0.3, -0.25) is 4.57 Å². The maximum Gasteiger partial charge on any atom is 0.356 e. The van der Waals surface area contributed by atoms with Crippen molar-refractivity contribution >= 4 is 23.9 Å². The zero-order chi connectivity index (χ0) is 18.9. The maximum absolute atomic E-state index is 11.8. The van der Waals surface area contributed by atoms with E-state index in [0.717, 1.165) is 27.7 Å². The second-order valence-electron chi connectivity index (χ2n) is 6.14. The summed E-state index contributed by atoms with van der Waals surface area (Å²) in [6, 6.07) is 10.8. The molecule has 0 saturated heterocycles. The molecule has 6 nitrogen and oxygen atoms in total. The quantitative estimate of drug-likeness (QED) is 0.674. The number of hydrogen-bond acceptors (Lipinski definition) is 3. The predicted octanol–water partition coefficient (Wildman–Crippen LogP) is 2.88. The third-order valence-electron chi connectivity index (χ3n) is 4.62. The highest BCUT2D eigenvalue weighted by molar-refractivity contribution is 7.60. The van der Waals surface area contributed by atoms with Crippen molar-refractivity contribution in [1.82, 2.24) is 9.55 Å². The summed E-state index contributed by atoms with van der Waals surface area (Å²) in [6.07, 6.45) is 2.97. The van der Waals surface area contributed by atoms with Crippen molar-refractivity contribution in [3.05, 3.63) is 58.9 Å². The molecule has 2 aromatic carbocycles. The molecular weight excluding hydrogens is 349 g/mol. The molecule has 0 atom stereocenters. The maximum atomic E-state index is 11.8. The average molecular weight is 369 g/mol. The van der Waals surface area contributed by atoms with Crippen LogP contribution in [0.15, 0.2) is 36.7 Å². The Bertz CT molecular complexity index is 1060. The smallest absolute Gasteiger partial charge is 0.326 e. The van der Waals surface area contributed by atoms with Crippen molar-refractivity contribution in [1.29, 1.82) is 5.26 Å². The molecule has 0 amide bonds. The van der Waals surface area contributed by atoms with Crippen molar-refractivity contribution in [3.8, 4) is 6.07 Å². The molecule has 0 spiro atoms. The van der Waals surface area contributed by atoms with Crippen LogP contribution in [-0.4, -0.2) is 19.3 Å². The van der Waals surface area contributed by atoms with Gasteiger partial charge in [0.1, 0.15) is 0 Å². The Morgan fingerprint density at radius 2 is 1.88 bits per heavy atom. The summed E-state index contributed by atoms with van der Waals surface area (Å²) in [4.78, 5) is 23.6. The van der Waals surface area contributed by atoms with Gasteiger partial charge in [-0.2, -0.15) is 5.26 Å². The van der Waals surface area contributed by atoms with Crippen LogP contribution in [0.1, 0.15) is 36.1 Å². The molecule has 0 aliphatic carbocycles. The number of nitrogens with zero attached hydrogens (tertiary/aromatic N) is 3. The van der Waals surface area contributed by atoms with E-state index in [1.165, 1.54) is 6.07 Å². The fourth-order valence-electron chi connectivity index (χ4n) is 3.42. The number of benzene rings is 2. The molecule has 26 heavy (non-hydrogen) atoms. The van der Waals surface area contributed by atoms with E-state index in [2.05, 4.69) is 11.1 Å². The number of nitriles is 1. The third kappa shape index (κ3) is 3.30. The minimum atomic E-state index is -4.31. The lowest BCUT2D eigenvalue weighted by molar-refractivity contribution is 0.387. The zero-order valence-electron chi connectivity index (χ0n) is 14.7. The molecule has 0 aliphatic rings. The Labute approximate surface area is 151 Å². The molecule has 2 N–H and O–H groups in total. The van der Waals surface area contributed by atoms with Crippen LogP contribution in [0, 0.1) is 11.3 Å². The Hall–Kier alpha value is -2.45. The Kier molecular flexibility index (Phi) is 4.97. The van der Waals surface area contributed by atoms with Crippen LogP contribution < -0.4 is 5.30 Å². The lowest BCUT2D eigenvalue weighted by Crippen LogP contribution is -2.16. The molecule has 0 saturated carbocycles. The summed E-state index contributed by atoms with van der Waals surface area (Å²) in [5.41, 5.74) is 4.93. The molecular formula is C19H20N3O3P. The number of fused-ring (bicyclic) bond motifs is 1. The van der Waals surface area contributed by atoms with Crippen LogP contribution in [0.25, 0.3) is 11.0 Å². The number of aromatic nitrogens is 2. The number of rotatable bonds is 5. The molecule has 0 radical (unpaired) electrons. The van der Waals surface area contributed by atoms with Crippen LogP contribution in [0.2, 0.25) is 0 Å². The SMILES string of the molecule is CCc1c(Cn2cnc3ccc(C#N)cc32)ccc(P(=O)(O)O)c1CC. The zero-order valence-corrected chi connectivity index (χ0v) is 15.6. The van der Waals surface area contributed by atoms with E-state index in [4.69, 9.17) is 5.26 Å². The average Bonchev–Trinajstić information content (AvgIpc) is 3.02. The molecule has 3 rings (SSSR count). The fraction of sp³-hybridized carbons (Fsp3) is 0.263. The normalized spacial score (nSPS) is 11.7. The van der Waals surface area contributed by atoms with E-state index in [1.54, 1.807) is 24.5 Å². The van der Waals surface area contributed by atoms with Gasteiger partial charge < -0.3 is 14.4 Å². The minimum Gasteiger partial charge on any atom is -0.326 e. The van der Waals surface area contributed by atoms with E-state index >= 15 is 0 Å². The van der Waals surface area contributed by atoms with Crippen LogP contribution >= 0.6 is 7.60 Å². The van der Waals surface area contributed by atoms with Gasteiger partial charge in [0, 0.05) is 6.54 Å². The monoisotopic (exact) mass is 369 g/mol. The minimum absolute atomic E-state index is 0.114. The Morgan fingerprint density at radius 1 is 1.15 bits per heavy atom. The lowest BCUT2D eigenvalue weighted by atomic mass is 9.97. The van der Waals surface area contributed by atoms with E-state index in [0.29, 0.717) is 24.9 Å². The summed E-state index contributed by atoms with van der Waals surface area (Å²) < 4.78 is 13.8. The van der Waals surface area contributed by atoms with Crippen LogP contribution in [0.4, 0.5) is 0 Å². The van der Waals surface area contributed by atoms with Crippen LogP contribution in [0.5, 0.6) is 0 Å². The predicted molar refractivity (Wildman–Crippen MR) is 100 cm³/mol. The van der Waals surface area contributed by atoms with Crippen LogP contribution in [-0.2, 0) is 24.0 Å². The molecule has 7 heteroatoms. The summed E-state index contributed by atoms with van der Waals surface area (Å²) in [5.74, 6) is 0. The van der Waals surface area contributed by atoms with Gasteiger partial charge in [0.2, 0.25) is 0 Å². The van der Waals surface area contributed by atoms with Gasteiger partial charge in [-0.05, 0) is 53.8 Å². The van der Waals surface area contributed by atoms with E-state index in [-0.39, 0.29) is 5.30 Å². The van der Waals surface area contributed by atoms with Crippen molar-refractivity contribution in [2.24, 2.45) is 0 Å². The second-order valence-corrected chi connectivity index (χ2v) is 7.71. The lowest BCUT2D eigenvalue weighted by Gasteiger charge is -2.18. The highest BCUT2D eigenvalue weighted by atomic mass is 31.2. The van der Waals surface area contributed by atoms with Gasteiger partial charge in [-0.15, -0.1) is 0 Å². The Balaban J connectivity index is 2.11. The molecule has 0 fully saturated rings. The molecule has 1 heterocycles. The van der Waals surface area contributed by atoms with Gasteiger partial charge >= 0.3 is 7.60 Å². The summed E-state index contributed by atoms with van der Waals surface area (Å²) in [7, 11) is -4.31. The van der Waals surface area contributed by atoms with Crippen molar-refractivity contribution < 1.29 is 14.4 Å². The number of imidazole rings is 1. The molecule has 0 aliphatic heterocycles. The second kappa shape index (κ2) is 7.05. The number of hydrogen-bond donors (Lipinski definition) is 2. The first kappa shape index (κ1) is 18.3. The highest BCUT2D eigenvalue weighted by Crippen LogP contribution is 2.36. The van der Waals surface area contributed by atoms with Crippen molar-refractivity contribution in [2.75, 3.05) is 0 Å². The molecule has 134 valence electrons. The van der Waals surface area contributed by atoms with Gasteiger partial charge in [0.05, 0.1) is 34.3 Å². The van der Waals surface area contributed by atoms with Gasteiger partial charge in [0.15, 0.2) is 0 Å². The van der Waals surface area contributed by atoms with Gasteiger partial charge in [-0.1, -0.05) is 19.9 Å². The summed E-state index contributed by atoms with van der Waals surface area (Å²) in [5, 5.41) is 9.23. The van der Waals surface area contributed by atoms with Gasteiger partial charge in [0.25, 0.3) is 0 Å². The molecule has 0 bridgehead atoms. The highest BCUT2D eigenvalue weighted by Gasteiger charge is 2.23. The third-order valence-corrected chi connectivity index (χ3v) is 5.66. The summed E-state index contributed by atoms with van der Waals surface area (Å²) >= 11 is 0. The Morgan fingerprint density at radius 3 is 2.50 bits per heavy atom. The first-order chi connectivity index (χ1) is 12.4.